The Morgan fingerprint density at radius 3 is 2.95 bits per heavy atom. The molecule has 0 radical (unpaired) electrons. The Morgan fingerprint density at radius 1 is 1.36 bits per heavy atom. The zero-order chi connectivity index (χ0) is 15.1. The van der Waals surface area contributed by atoms with Gasteiger partial charge in [-0.1, -0.05) is 23.7 Å². The molecule has 6 heteroatoms. The van der Waals surface area contributed by atoms with Crippen LogP contribution in [0.4, 0.5) is 5.69 Å². The number of para-hydroxylation sites is 1. The van der Waals surface area contributed by atoms with Crippen LogP contribution in [0.2, 0.25) is 5.02 Å². The van der Waals surface area contributed by atoms with E-state index in [-0.39, 0.29) is 5.91 Å². The van der Waals surface area contributed by atoms with E-state index in [0.29, 0.717) is 34.9 Å². The molecule has 2 N–H and O–H groups in total. The lowest BCUT2D eigenvalue weighted by atomic mass is 10.1. The van der Waals surface area contributed by atoms with Crippen molar-refractivity contribution in [1.29, 1.82) is 0 Å². The van der Waals surface area contributed by atoms with Gasteiger partial charge in [0.25, 0.3) is 5.91 Å². The minimum Gasteiger partial charge on any atom is -0.319 e. The van der Waals surface area contributed by atoms with E-state index in [0.717, 1.165) is 12.4 Å². The van der Waals surface area contributed by atoms with Crippen LogP contribution in [0.1, 0.15) is 35.2 Å². The Labute approximate surface area is 133 Å². The Morgan fingerprint density at radius 2 is 2.18 bits per heavy atom. The molecule has 1 saturated carbocycles. The number of amides is 1. The molecule has 22 heavy (non-hydrogen) atoms. The molecule has 114 valence electrons. The summed E-state index contributed by atoms with van der Waals surface area (Å²) in [6, 6.07) is 7.59. The number of imidazole rings is 1. The number of carbonyl (C=O) groups is 1. The van der Waals surface area contributed by atoms with Gasteiger partial charge in [-0.2, -0.15) is 0 Å². The highest BCUT2D eigenvalue weighted by molar-refractivity contribution is 6.33. The van der Waals surface area contributed by atoms with Crippen molar-refractivity contribution >= 4 is 23.2 Å². The van der Waals surface area contributed by atoms with E-state index in [9.17, 15) is 4.79 Å². The molecule has 1 fully saturated rings. The van der Waals surface area contributed by atoms with Crippen molar-refractivity contribution in [2.75, 3.05) is 11.9 Å². The van der Waals surface area contributed by atoms with E-state index < -0.39 is 0 Å². The standard InChI is InChI=1S/C16H17ClN4O/c17-11-3-1-2-4-12(11)20-16(22)14-8-19-15-9-18-7-13(21(14)15)10-5-6-10/h1-4,8,10,13,18H,5-7,9H2,(H,20,22)/t13-/m0/s1. The van der Waals surface area contributed by atoms with E-state index in [1.807, 2.05) is 12.1 Å². The number of hydrogen-bond acceptors (Lipinski definition) is 3. The average Bonchev–Trinajstić information content (AvgIpc) is 3.27. The molecule has 4 rings (SSSR count). The number of rotatable bonds is 3. The number of nitrogens with one attached hydrogen (secondary N) is 2. The zero-order valence-corrected chi connectivity index (χ0v) is 12.8. The average molecular weight is 317 g/mol. The van der Waals surface area contributed by atoms with Crippen LogP contribution in [0.15, 0.2) is 30.5 Å². The van der Waals surface area contributed by atoms with Gasteiger partial charge < -0.3 is 15.2 Å². The fraction of sp³-hybridized carbons (Fsp3) is 0.375. The lowest BCUT2D eigenvalue weighted by Gasteiger charge is -2.27. The predicted molar refractivity (Wildman–Crippen MR) is 85.1 cm³/mol. The summed E-state index contributed by atoms with van der Waals surface area (Å²) >= 11 is 6.12. The Hall–Kier alpha value is -1.85. The third-order valence-corrected chi connectivity index (χ3v) is 4.69. The summed E-state index contributed by atoms with van der Waals surface area (Å²) in [4.78, 5) is 17.0. The molecule has 1 aromatic carbocycles. The summed E-state index contributed by atoms with van der Waals surface area (Å²) < 4.78 is 2.11. The van der Waals surface area contributed by atoms with Crippen molar-refractivity contribution < 1.29 is 4.79 Å². The lowest BCUT2D eigenvalue weighted by molar-refractivity contribution is 0.101. The topological polar surface area (TPSA) is 59.0 Å². The van der Waals surface area contributed by atoms with Crippen molar-refractivity contribution in [1.82, 2.24) is 14.9 Å². The molecule has 1 amide bonds. The summed E-state index contributed by atoms with van der Waals surface area (Å²) in [6.45, 7) is 1.61. The third kappa shape index (κ3) is 2.40. The van der Waals surface area contributed by atoms with Crippen LogP contribution >= 0.6 is 11.6 Å². The number of nitrogens with zero attached hydrogens (tertiary/aromatic N) is 2. The molecule has 0 spiro atoms. The molecule has 2 aromatic rings. The largest absolute Gasteiger partial charge is 0.319 e. The Kier molecular flexibility index (Phi) is 3.39. The number of anilines is 1. The van der Waals surface area contributed by atoms with Crippen molar-refractivity contribution in [3.8, 4) is 0 Å². The van der Waals surface area contributed by atoms with Gasteiger partial charge in [0.15, 0.2) is 0 Å². The fourth-order valence-electron chi connectivity index (χ4n) is 3.10. The monoisotopic (exact) mass is 316 g/mol. The van der Waals surface area contributed by atoms with E-state index in [1.54, 1.807) is 18.3 Å². The molecule has 1 atom stereocenters. The summed E-state index contributed by atoms with van der Waals surface area (Å²) in [6.07, 6.45) is 4.13. The van der Waals surface area contributed by atoms with Crippen molar-refractivity contribution in [3.63, 3.8) is 0 Å². The van der Waals surface area contributed by atoms with Gasteiger partial charge in [0, 0.05) is 6.54 Å². The van der Waals surface area contributed by atoms with Gasteiger partial charge in [-0.3, -0.25) is 4.79 Å². The molecule has 2 heterocycles. The molecular formula is C16H17ClN4O. The number of benzene rings is 1. The fourth-order valence-corrected chi connectivity index (χ4v) is 3.28. The number of hydrogen-bond donors (Lipinski definition) is 2. The minimum atomic E-state index is -0.153. The molecule has 1 aromatic heterocycles. The van der Waals surface area contributed by atoms with Crippen LogP contribution in [0.3, 0.4) is 0 Å². The molecule has 2 aliphatic rings. The van der Waals surface area contributed by atoms with Crippen LogP contribution < -0.4 is 10.6 Å². The van der Waals surface area contributed by atoms with E-state index in [1.165, 1.54) is 12.8 Å². The molecule has 5 nitrogen and oxygen atoms in total. The van der Waals surface area contributed by atoms with Crippen LogP contribution in [0, 0.1) is 5.92 Å². The van der Waals surface area contributed by atoms with Gasteiger partial charge in [-0.15, -0.1) is 0 Å². The number of halogens is 1. The SMILES string of the molecule is O=C(Nc1ccccc1Cl)c1cnc2n1[C@H](C1CC1)CNC2. The number of fused-ring (bicyclic) bond motifs is 1. The highest BCUT2D eigenvalue weighted by Crippen LogP contribution is 2.41. The summed E-state index contributed by atoms with van der Waals surface area (Å²) in [5.41, 5.74) is 1.25. The molecular weight excluding hydrogens is 300 g/mol. The highest BCUT2D eigenvalue weighted by Gasteiger charge is 2.37. The van der Waals surface area contributed by atoms with Crippen LogP contribution in [-0.4, -0.2) is 22.0 Å². The predicted octanol–water partition coefficient (Wildman–Crippen LogP) is 2.84. The van der Waals surface area contributed by atoms with Crippen molar-refractivity contribution in [2.24, 2.45) is 5.92 Å². The summed E-state index contributed by atoms with van der Waals surface area (Å²) in [5, 5.41) is 6.81. The van der Waals surface area contributed by atoms with Crippen molar-refractivity contribution in [3.05, 3.63) is 47.0 Å². The first-order valence-corrected chi connectivity index (χ1v) is 7.94. The molecule has 0 bridgehead atoms. The second-order valence-corrected chi connectivity index (χ2v) is 6.31. The third-order valence-electron chi connectivity index (χ3n) is 4.36. The quantitative estimate of drug-likeness (QED) is 0.915. The van der Waals surface area contributed by atoms with Gasteiger partial charge in [0.2, 0.25) is 0 Å². The smallest absolute Gasteiger partial charge is 0.273 e. The first-order valence-electron chi connectivity index (χ1n) is 7.57. The van der Waals surface area contributed by atoms with Crippen LogP contribution in [0.25, 0.3) is 0 Å². The molecule has 1 aliphatic carbocycles. The van der Waals surface area contributed by atoms with Gasteiger partial charge in [0.1, 0.15) is 11.5 Å². The van der Waals surface area contributed by atoms with Gasteiger partial charge in [-0.05, 0) is 30.9 Å². The normalized spacial score (nSPS) is 20.5. The Balaban J connectivity index is 1.64. The Bertz CT molecular complexity index is 723. The van der Waals surface area contributed by atoms with Crippen molar-refractivity contribution in [2.45, 2.75) is 25.4 Å². The molecule has 0 unspecified atom stereocenters. The summed E-state index contributed by atoms with van der Waals surface area (Å²) in [5.74, 6) is 1.44. The maximum absolute atomic E-state index is 12.6. The van der Waals surface area contributed by atoms with Crippen LogP contribution in [-0.2, 0) is 6.54 Å². The first-order chi connectivity index (χ1) is 10.7. The second kappa shape index (κ2) is 5.41. The first kappa shape index (κ1) is 13.8. The lowest BCUT2D eigenvalue weighted by Crippen LogP contribution is -2.36. The van der Waals surface area contributed by atoms with Gasteiger partial charge in [0.05, 0.1) is 29.5 Å². The minimum absolute atomic E-state index is 0.153. The number of aromatic nitrogens is 2. The summed E-state index contributed by atoms with van der Waals surface area (Å²) in [7, 11) is 0. The van der Waals surface area contributed by atoms with E-state index >= 15 is 0 Å². The van der Waals surface area contributed by atoms with Gasteiger partial charge in [-0.25, -0.2) is 4.98 Å². The number of carbonyl (C=O) groups excluding carboxylic acids is 1. The van der Waals surface area contributed by atoms with E-state index in [2.05, 4.69) is 20.2 Å². The maximum Gasteiger partial charge on any atom is 0.273 e. The molecule has 0 saturated heterocycles. The maximum atomic E-state index is 12.6. The molecule has 1 aliphatic heterocycles. The van der Waals surface area contributed by atoms with E-state index in [4.69, 9.17) is 11.6 Å². The van der Waals surface area contributed by atoms with Crippen LogP contribution in [0.5, 0.6) is 0 Å². The zero-order valence-electron chi connectivity index (χ0n) is 12.1. The van der Waals surface area contributed by atoms with Gasteiger partial charge >= 0.3 is 0 Å². The second-order valence-electron chi connectivity index (χ2n) is 5.90. The highest BCUT2D eigenvalue weighted by atomic mass is 35.5.